The Labute approximate surface area is 62.9 Å². The van der Waals surface area contributed by atoms with E-state index in [1.165, 1.54) is 0 Å². The Kier molecular flexibility index (Phi) is 6.13. The number of nitrogens with zero attached hydrogens (tertiary/aromatic N) is 2. The summed E-state index contributed by atoms with van der Waals surface area (Å²) in [5.74, 6) is 0.723. The molecule has 0 bridgehead atoms. The molecule has 0 aromatic carbocycles. The Hall–Kier alpha value is -0.600. The molecule has 0 rings (SSSR count). The Morgan fingerprint density at radius 1 is 1.40 bits per heavy atom. The highest BCUT2D eigenvalue weighted by atomic mass is 15.4. The van der Waals surface area contributed by atoms with Crippen LogP contribution in [-0.4, -0.2) is 13.1 Å². The first-order valence-corrected chi connectivity index (χ1v) is 3.86. The fourth-order valence-electron chi connectivity index (χ4n) is 0.487. The number of nitrogens with one attached hydrogen (secondary N) is 1. The van der Waals surface area contributed by atoms with Gasteiger partial charge in [0.05, 0.1) is 6.54 Å². The van der Waals surface area contributed by atoms with Crippen LogP contribution >= 0.6 is 0 Å². The Morgan fingerprint density at radius 3 is 2.60 bits per heavy atom. The van der Waals surface area contributed by atoms with Gasteiger partial charge in [0.25, 0.3) is 0 Å². The van der Waals surface area contributed by atoms with Crippen molar-refractivity contribution in [3.05, 3.63) is 0 Å². The molecule has 0 aromatic rings. The minimum atomic E-state index is 0.723. The van der Waals surface area contributed by atoms with Gasteiger partial charge in [-0.05, 0) is 19.3 Å². The van der Waals surface area contributed by atoms with Gasteiger partial charge in [0.1, 0.15) is 0 Å². The first-order chi connectivity index (χ1) is 4.77. The molecule has 0 heterocycles. The molecule has 10 heavy (non-hydrogen) atoms. The molecule has 60 valence electrons. The smallest absolute Gasteiger partial charge is 0.0622 e. The summed E-state index contributed by atoms with van der Waals surface area (Å²) in [4.78, 5) is 0. The summed E-state index contributed by atoms with van der Waals surface area (Å²) < 4.78 is 0. The minimum Gasteiger partial charge on any atom is -0.292 e. The van der Waals surface area contributed by atoms with Crippen molar-refractivity contribution in [2.45, 2.75) is 27.2 Å². The lowest BCUT2D eigenvalue weighted by Gasteiger charge is -1.97. The molecular formula is C7H17N3. The van der Waals surface area contributed by atoms with Crippen LogP contribution in [0.15, 0.2) is 10.3 Å². The second-order valence-corrected chi connectivity index (χ2v) is 2.66. The molecule has 0 radical (unpaired) electrons. The summed E-state index contributed by atoms with van der Waals surface area (Å²) >= 11 is 0. The number of rotatable bonds is 5. The van der Waals surface area contributed by atoms with Gasteiger partial charge in [-0.3, -0.25) is 5.43 Å². The van der Waals surface area contributed by atoms with Gasteiger partial charge in [-0.2, -0.15) is 5.11 Å². The van der Waals surface area contributed by atoms with E-state index in [1.807, 2.05) is 6.92 Å². The molecular weight excluding hydrogens is 126 g/mol. The molecule has 0 unspecified atom stereocenters. The van der Waals surface area contributed by atoms with Crippen molar-refractivity contribution in [3.63, 3.8) is 0 Å². The molecule has 0 saturated carbocycles. The highest BCUT2D eigenvalue weighted by Crippen LogP contribution is 1.97. The van der Waals surface area contributed by atoms with E-state index >= 15 is 0 Å². The second kappa shape index (κ2) is 6.52. The van der Waals surface area contributed by atoms with Crippen molar-refractivity contribution in [3.8, 4) is 0 Å². The average molecular weight is 143 g/mol. The molecule has 0 aliphatic rings. The van der Waals surface area contributed by atoms with Crippen molar-refractivity contribution < 1.29 is 0 Å². The van der Waals surface area contributed by atoms with Crippen LogP contribution < -0.4 is 5.43 Å². The van der Waals surface area contributed by atoms with Crippen LogP contribution in [0.3, 0.4) is 0 Å². The third kappa shape index (κ3) is 7.40. The molecule has 0 aromatic heterocycles. The monoisotopic (exact) mass is 143 g/mol. The molecule has 3 nitrogen and oxygen atoms in total. The molecule has 0 atom stereocenters. The lowest BCUT2D eigenvalue weighted by molar-refractivity contribution is 0.574. The SMILES string of the molecule is CCNN=NCCC(C)C. The molecule has 0 spiro atoms. The lowest BCUT2D eigenvalue weighted by atomic mass is 10.1. The molecule has 0 aliphatic carbocycles. The Morgan fingerprint density at radius 2 is 2.10 bits per heavy atom. The second-order valence-electron chi connectivity index (χ2n) is 2.66. The molecule has 0 fully saturated rings. The van der Waals surface area contributed by atoms with Crippen LogP contribution in [0.25, 0.3) is 0 Å². The van der Waals surface area contributed by atoms with Gasteiger partial charge < -0.3 is 0 Å². The van der Waals surface area contributed by atoms with Gasteiger partial charge in [-0.15, -0.1) is 0 Å². The summed E-state index contributed by atoms with van der Waals surface area (Å²) in [7, 11) is 0. The van der Waals surface area contributed by atoms with E-state index in [0.717, 1.165) is 25.4 Å². The highest BCUT2D eigenvalue weighted by Gasteiger charge is 1.89. The van der Waals surface area contributed by atoms with E-state index < -0.39 is 0 Å². The van der Waals surface area contributed by atoms with Gasteiger partial charge >= 0.3 is 0 Å². The summed E-state index contributed by atoms with van der Waals surface area (Å²) in [5, 5.41) is 7.65. The number of hydrogen-bond donors (Lipinski definition) is 1. The quantitative estimate of drug-likeness (QED) is 0.464. The first kappa shape index (κ1) is 9.40. The zero-order valence-electron chi connectivity index (χ0n) is 7.09. The zero-order valence-corrected chi connectivity index (χ0v) is 7.09. The largest absolute Gasteiger partial charge is 0.292 e. The topological polar surface area (TPSA) is 36.8 Å². The van der Waals surface area contributed by atoms with E-state index in [-0.39, 0.29) is 0 Å². The van der Waals surface area contributed by atoms with Gasteiger partial charge in [0.15, 0.2) is 0 Å². The van der Waals surface area contributed by atoms with Crippen molar-refractivity contribution in [1.29, 1.82) is 0 Å². The maximum atomic E-state index is 3.92. The normalized spacial score (nSPS) is 11.2. The van der Waals surface area contributed by atoms with Crippen molar-refractivity contribution in [2.75, 3.05) is 13.1 Å². The Bertz CT molecular complexity index is 88.9. The van der Waals surface area contributed by atoms with Crippen LogP contribution in [0.2, 0.25) is 0 Å². The van der Waals surface area contributed by atoms with Crippen LogP contribution in [0.4, 0.5) is 0 Å². The van der Waals surface area contributed by atoms with Gasteiger partial charge in [0.2, 0.25) is 0 Å². The fourth-order valence-corrected chi connectivity index (χ4v) is 0.487. The summed E-state index contributed by atoms with van der Waals surface area (Å²) in [6, 6.07) is 0. The maximum absolute atomic E-state index is 3.92. The van der Waals surface area contributed by atoms with E-state index in [9.17, 15) is 0 Å². The minimum absolute atomic E-state index is 0.723. The van der Waals surface area contributed by atoms with E-state index in [1.54, 1.807) is 0 Å². The lowest BCUT2D eigenvalue weighted by Crippen LogP contribution is -2.01. The zero-order chi connectivity index (χ0) is 7.82. The van der Waals surface area contributed by atoms with E-state index in [2.05, 4.69) is 29.6 Å². The first-order valence-electron chi connectivity index (χ1n) is 3.86. The van der Waals surface area contributed by atoms with Crippen LogP contribution in [0, 0.1) is 5.92 Å². The molecule has 0 amide bonds. The summed E-state index contributed by atoms with van der Waals surface area (Å²) in [6.45, 7) is 8.06. The summed E-state index contributed by atoms with van der Waals surface area (Å²) in [6.07, 6.45) is 1.12. The van der Waals surface area contributed by atoms with E-state index in [0.29, 0.717) is 0 Å². The molecule has 0 saturated heterocycles. The predicted octanol–water partition coefficient (Wildman–Crippen LogP) is 2.01. The molecule has 3 heteroatoms. The van der Waals surface area contributed by atoms with Crippen molar-refractivity contribution >= 4 is 0 Å². The standard InChI is InChI=1S/C7H17N3/c1-4-8-10-9-6-5-7(2)3/h7H,4-6H2,1-3H3,(H,8,9). The Balaban J connectivity index is 3.02. The fraction of sp³-hybridized carbons (Fsp3) is 1.00. The number of hydrogen-bond acceptors (Lipinski definition) is 2. The van der Waals surface area contributed by atoms with Gasteiger partial charge in [0, 0.05) is 6.54 Å². The summed E-state index contributed by atoms with van der Waals surface area (Å²) in [5.41, 5.74) is 2.78. The van der Waals surface area contributed by atoms with E-state index in [4.69, 9.17) is 0 Å². The maximum Gasteiger partial charge on any atom is 0.0622 e. The molecule has 0 aliphatic heterocycles. The van der Waals surface area contributed by atoms with Gasteiger partial charge in [-0.25, -0.2) is 0 Å². The third-order valence-electron chi connectivity index (χ3n) is 1.11. The van der Waals surface area contributed by atoms with Gasteiger partial charge in [-0.1, -0.05) is 19.1 Å². The highest BCUT2D eigenvalue weighted by molar-refractivity contribution is 4.45. The molecule has 1 N–H and O–H groups in total. The van der Waals surface area contributed by atoms with Crippen LogP contribution in [0.5, 0.6) is 0 Å². The van der Waals surface area contributed by atoms with Crippen LogP contribution in [-0.2, 0) is 0 Å². The van der Waals surface area contributed by atoms with Crippen molar-refractivity contribution in [2.24, 2.45) is 16.3 Å². The van der Waals surface area contributed by atoms with Crippen LogP contribution in [0.1, 0.15) is 27.2 Å². The van der Waals surface area contributed by atoms with Crippen molar-refractivity contribution in [1.82, 2.24) is 5.43 Å². The third-order valence-corrected chi connectivity index (χ3v) is 1.11. The predicted molar refractivity (Wildman–Crippen MR) is 42.9 cm³/mol. The average Bonchev–Trinajstić information content (AvgIpc) is 1.87.